The zero-order valence-electron chi connectivity index (χ0n) is 16.7. The Morgan fingerprint density at radius 3 is 1.77 bits per heavy atom. The van der Waals surface area contributed by atoms with Gasteiger partial charge in [0.15, 0.2) is 0 Å². The van der Waals surface area contributed by atoms with Gasteiger partial charge in [-0.05, 0) is 74.0 Å². The van der Waals surface area contributed by atoms with Crippen molar-refractivity contribution in [2.45, 2.75) is 23.6 Å². The fourth-order valence-corrected chi connectivity index (χ4v) is 4.99. The van der Waals surface area contributed by atoms with Crippen molar-refractivity contribution in [3.63, 3.8) is 0 Å². The summed E-state index contributed by atoms with van der Waals surface area (Å²) in [6.07, 6.45) is 0. The van der Waals surface area contributed by atoms with Crippen LogP contribution in [-0.4, -0.2) is 23.9 Å². The lowest BCUT2D eigenvalue weighted by Crippen LogP contribution is -2.15. The number of aryl methyl sites for hydroxylation is 2. The molecule has 0 aromatic heterocycles. The van der Waals surface area contributed by atoms with E-state index in [0.29, 0.717) is 11.4 Å². The van der Waals surface area contributed by atoms with Crippen molar-refractivity contribution in [1.82, 2.24) is 0 Å². The lowest BCUT2D eigenvalue weighted by atomic mass is 10.1. The number of hydrogen-bond acceptors (Lipinski definition) is 5. The van der Waals surface area contributed by atoms with E-state index in [1.807, 2.05) is 26.0 Å². The summed E-state index contributed by atoms with van der Waals surface area (Å²) in [4.78, 5) is 0.0892. The van der Waals surface area contributed by atoms with E-state index in [9.17, 15) is 16.8 Å². The third-order valence-electron chi connectivity index (χ3n) is 4.41. The highest BCUT2D eigenvalue weighted by Crippen LogP contribution is 2.23. The Morgan fingerprint density at radius 1 is 0.700 bits per heavy atom. The van der Waals surface area contributed by atoms with E-state index in [0.717, 1.165) is 11.1 Å². The van der Waals surface area contributed by atoms with E-state index < -0.39 is 20.0 Å². The molecule has 0 radical (unpaired) electrons. The molecular weight excluding hydrogens is 424 g/mol. The summed E-state index contributed by atoms with van der Waals surface area (Å²) in [5.74, 6) is 0.542. The molecule has 0 amide bonds. The molecule has 0 fully saturated rings. The summed E-state index contributed by atoms with van der Waals surface area (Å²) in [6.45, 7) is 3.75. The van der Waals surface area contributed by atoms with Gasteiger partial charge in [0.25, 0.3) is 20.0 Å². The number of benzene rings is 3. The van der Waals surface area contributed by atoms with Crippen LogP contribution in [0.2, 0.25) is 0 Å². The van der Waals surface area contributed by atoms with E-state index in [4.69, 9.17) is 4.74 Å². The van der Waals surface area contributed by atoms with Crippen LogP contribution in [0.4, 0.5) is 11.4 Å². The van der Waals surface area contributed by atoms with E-state index in [1.54, 1.807) is 18.2 Å². The van der Waals surface area contributed by atoms with Gasteiger partial charge in [-0.1, -0.05) is 17.7 Å². The van der Waals surface area contributed by atoms with Crippen molar-refractivity contribution in [2.24, 2.45) is 0 Å². The highest BCUT2D eigenvalue weighted by Gasteiger charge is 2.17. The highest BCUT2D eigenvalue weighted by atomic mass is 32.2. The quantitative estimate of drug-likeness (QED) is 0.573. The molecule has 7 nitrogen and oxygen atoms in total. The van der Waals surface area contributed by atoms with Gasteiger partial charge in [0.2, 0.25) is 0 Å². The van der Waals surface area contributed by atoms with Crippen LogP contribution in [0.25, 0.3) is 0 Å². The fraction of sp³-hybridized carbons (Fsp3) is 0.143. The summed E-state index contributed by atoms with van der Waals surface area (Å²) in [6, 6.07) is 16.8. The minimum atomic E-state index is -3.82. The molecule has 2 N–H and O–H groups in total. The van der Waals surface area contributed by atoms with Crippen molar-refractivity contribution in [1.29, 1.82) is 0 Å². The van der Waals surface area contributed by atoms with Gasteiger partial charge in [0.05, 0.1) is 22.6 Å². The van der Waals surface area contributed by atoms with Crippen molar-refractivity contribution in [3.05, 3.63) is 77.9 Å². The van der Waals surface area contributed by atoms with Crippen LogP contribution in [-0.2, 0) is 20.0 Å². The molecule has 0 aliphatic carbocycles. The second-order valence-corrected chi connectivity index (χ2v) is 10.1. The molecule has 0 heterocycles. The Hall–Kier alpha value is -3.04. The van der Waals surface area contributed by atoms with Gasteiger partial charge in [-0.3, -0.25) is 9.44 Å². The van der Waals surface area contributed by atoms with Gasteiger partial charge in [-0.15, -0.1) is 0 Å². The van der Waals surface area contributed by atoms with Crippen molar-refractivity contribution in [2.75, 3.05) is 16.6 Å². The molecule has 0 atom stereocenters. The molecule has 0 unspecified atom stereocenters. The molecule has 0 saturated carbocycles. The zero-order valence-corrected chi connectivity index (χ0v) is 18.3. The van der Waals surface area contributed by atoms with Crippen LogP contribution in [0.15, 0.2) is 76.5 Å². The van der Waals surface area contributed by atoms with Crippen LogP contribution in [0.1, 0.15) is 11.1 Å². The number of nitrogens with one attached hydrogen (secondary N) is 2. The first-order valence-electron chi connectivity index (χ1n) is 8.98. The average molecular weight is 447 g/mol. The molecule has 158 valence electrons. The summed E-state index contributed by atoms with van der Waals surface area (Å²) >= 11 is 0. The second-order valence-electron chi connectivity index (χ2n) is 6.73. The largest absolute Gasteiger partial charge is 0.497 e. The van der Waals surface area contributed by atoms with Crippen molar-refractivity contribution < 1.29 is 21.6 Å². The highest BCUT2D eigenvalue weighted by molar-refractivity contribution is 7.93. The molecule has 3 rings (SSSR count). The first-order valence-corrected chi connectivity index (χ1v) is 11.9. The van der Waals surface area contributed by atoms with Gasteiger partial charge in [-0.25, -0.2) is 16.8 Å². The Balaban J connectivity index is 1.78. The number of anilines is 2. The van der Waals surface area contributed by atoms with E-state index in [2.05, 4.69) is 9.44 Å². The summed E-state index contributed by atoms with van der Waals surface area (Å²) in [5, 5.41) is 0. The fourth-order valence-electron chi connectivity index (χ4n) is 2.80. The number of rotatable bonds is 7. The van der Waals surface area contributed by atoms with Crippen LogP contribution in [0.3, 0.4) is 0 Å². The van der Waals surface area contributed by atoms with Gasteiger partial charge >= 0.3 is 0 Å². The zero-order chi connectivity index (χ0) is 21.9. The Labute approximate surface area is 176 Å². The first-order chi connectivity index (χ1) is 14.1. The molecule has 3 aromatic rings. The van der Waals surface area contributed by atoms with Crippen LogP contribution in [0, 0.1) is 13.8 Å². The van der Waals surface area contributed by atoms with Gasteiger partial charge in [-0.2, -0.15) is 0 Å². The lowest BCUT2D eigenvalue weighted by Gasteiger charge is -2.12. The summed E-state index contributed by atoms with van der Waals surface area (Å²) in [5.41, 5.74) is 2.58. The molecule has 0 aliphatic rings. The molecule has 0 bridgehead atoms. The normalized spacial score (nSPS) is 11.7. The molecule has 0 saturated heterocycles. The summed E-state index contributed by atoms with van der Waals surface area (Å²) in [7, 11) is -6.13. The SMILES string of the molecule is COc1ccc(S(=O)(=O)Nc2ccc(S(=O)(=O)Nc3ccc(C)cc3C)cc2)cc1. The Morgan fingerprint density at radius 2 is 1.23 bits per heavy atom. The monoisotopic (exact) mass is 446 g/mol. The van der Waals surface area contributed by atoms with E-state index in [-0.39, 0.29) is 15.5 Å². The Bertz CT molecular complexity index is 1250. The van der Waals surface area contributed by atoms with Crippen LogP contribution >= 0.6 is 0 Å². The lowest BCUT2D eigenvalue weighted by molar-refractivity contribution is 0.414. The van der Waals surface area contributed by atoms with Crippen LogP contribution in [0.5, 0.6) is 5.75 Å². The van der Waals surface area contributed by atoms with Gasteiger partial charge in [0.1, 0.15) is 5.75 Å². The maximum atomic E-state index is 12.7. The predicted molar refractivity (Wildman–Crippen MR) is 117 cm³/mol. The number of ether oxygens (including phenoxy) is 1. The molecule has 30 heavy (non-hydrogen) atoms. The average Bonchev–Trinajstić information content (AvgIpc) is 2.70. The Kier molecular flexibility index (Phi) is 6.04. The maximum Gasteiger partial charge on any atom is 0.261 e. The van der Waals surface area contributed by atoms with Crippen LogP contribution < -0.4 is 14.2 Å². The third kappa shape index (κ3) is 4.92. The topological polar surface area (TPSA) is 102 Å². The third-order valence-corrected chi connectivity index (χ3v) is 7.19. The van der Waals surface area contributed by atoms with E-state index >= 15 is 0 Å². The predicted octanol–water partition coefficient (Wildman–Crippen LogP) is 3.91. The number of sulfonamides is 2. The minimum absolute atomic E-state index is 0.0230. The standard InChI is InChI=1S/C21H22N2O5S2/c1-15-4-13-21(16(2)14-15)23-30(26,27)19-9-5-17(6-10-19)22-29(24,25)20-11-7-18(28-3)8-12-20/h4-14,22-23H,1-3H3. The second kappa shape index (κ2) is 8.37. The van der Waals surface area contributed by atoms with Gasteiger partial charge in [0, 0.05) is 5.69 Å². The first kappa shape index (κ1) is 21.7. The maximum absolute atomic E-state index is 12.7. The van der Waals surface area contributed by atoms with E-state index in [1.165, 1.54) is 43.5 Å². The van der Waals surface area contributed by atoms with Crippen molar-refractivity contribution in [3.8, 4) is 5.75 Å². The molecule has 0 aliphatic heterocycles. The smallest absolute Gasteiger partial charge is 0.261 e. The molecule has 9 heteroatoms. The number of hydrogen-bond donors (Lipinski definition) is 2. The van der Waals surface area contributed by atoms with Gasteiger partial charge < -0.3 is 4.74 Å². The number of methoxy groups -OCH3 is 1. The van der Waals surface area contributed by atoms with Crippen molar-refractivity contribution >= 4 is 31.4 Å². The minimum Gasteiger partial charge on any atom is -0.497 e. The molecule has 3 aromatic carbocycles. The molecule has 0 spiro atoms. The summed E-state index contributed by atoms with van der Waals surface area (Å²) < 4.78 is 60.3. The molecular formula is C21H22N2O5S2.